The zero-order valence-electron chi connectivity index (χ0n) is 10.8. The molecule has 3 nitrogen and oxygen atoms in total. The number of likely N-dealkylation sites (N-methyl/N-ethyl adjacent to an activating group) is 2. The predicted octanol–water partition coefficient (Wildman–Crippen LogP) is 1.63. The van der Waals surface area contributed by atoms with E-state index in [4.69, 9.17) is 0 Å². The van der Waals surface area contributed by atoms with Crippen LogP contribution in [0, 0.1) is 0 Å². The number of hydrogen-bond acceptors (Lipinski definition) is 3. The van der Waals surface area contributed by atoms with Gasteiger partial charge in [0.2, 0.25) is 0 Å². The minimum Gasteiger partial charge on any atom is -0.388 e. The minimum absolute atomic E-state index is 0.974. The van der Waals surface area contributed by atoms with Gasteiger partial charge in [0.15, 0.2) is 0 Å². The smallest absolute Gasteiger partial charge is 0.0375 e. The zero-order valence-corrected chi connectivity index (χ0v) is 10.8. The summed E-state index contributed by atoms with van der Waals surface area (Å²) >= 11 is 0. The van der Waals surface area contributed by atoms with Gasteiger partial charge in [-0.05, 0) is 19.1 Å². The molecule has 3 heteroatoms. The molecular formula is C12H23N3. The third-order valence-corrected chi connectivity index (χ3v) is 2.26. The highest BCUT2D eigenvalue weighted by atomic mass is 15.1. The van der Waals surface area contributed by atoms with Crippen LogP contribution in [0.1, 0.15) is 6.92 Å². The second-order valence-corrected chi connectivity index (χ2v) is 3.92. The molecule has 1 N–H and O–H groups in total. The van der Waals surface area contributed by atoms with Gasteiger partial charge in [-0.3, -0.25) is 0 Å². The first kappa shape index (κ1) is 13.6. The summed E-state index contributed by atoms with van der Waals surface area (Å²) in [5.41, 5.74) is 3.23. The van der Waals surface area contributed by atoms with Crippen molar-refractivity contribution in [3.63, 3.8) is 0 Å². The molecule has 0 atom stereocenters. The van der Waals surface area contributed by atoms with Crippen LogP contribution in [-0.2, 0) is 0 Å². The van der Waals surface area contributed by atoms with Gasteiger partial charge in [-0.1, -0.05) is 6.58 Å². The van der Waals surface area contributed by atoms with E-state index < -0.39 is 0 Å². The summed E-state index contributed by atoms with van der Waals surface area (Å²) in [6.45, 7) is 6.03. The van der Waals surface area contributed by atoms with Crippen molar-refractivity contribution in [2.24, 2.45) is 0 Å². The molecule has 0 spiro atoms. The van der Waals surface area contributed by atoms with Crippen LogP contribution >= 0.6 is 0 Å². The Morgan fingerprint density at radius 1 is 1.07 bits per heavy atom. The lowest BCUT2D eigenvalue weighted by molar-refractivity contribution is 0.512. The Bertz CT molecular complexity index is 273. The normalized spacial score (nSPS) is 12.4. The largest absolute Gasteiger partial charge is 0.388 e. The topological polar surface area (TPSA) is 18.5 Å². The van der Waals surface area contributed by atoms with Gasteiger partial charge in [0.05, 0.1) is 0 Å². The van der Waals surface area contributed by atoms with Crippen molar-refractivity contribution in [3.8, 4) is 0 Å². The molecule has 0 aromatic rings. The van der Waals surface area contributed by atoms with Gasteiger partial charge in [0, 0.05) is 52.3 Å². The summed E-state index contributed by atoms with van der Waals surface area (Å²) in [5.74, 6) is 0. The van der Waals surface area contributed by atoms with Crippen LogP contribution in [0.25, 0.3) is 0 Å². The molecule has 0 saturated heterocycles. The summed E-state index contributed by atoms with van der Waals surface area (Å²) in [4.78, 5) is 4.06. The highest BCUT2D eigenvalue weighted by molar-refractivity contribution is 5.28. The third-order valence-electron chi connectivity index (χ3n) is 2.26. The number of rotatable bonds is 5. The molecule has 0 fully saturated rings. The van der Waals surface area contributed by atoms with Crippen molar-refractivity contribution >= 4 is 0 Å². The standard InChI is InChI=1S/C12H23N3/c1-10(14(4)5)8-12(13-3)9-11(2)15(6)7/h8-9,13H,1H2,2-7H3/b11-9+,12-8+. The van der Waals surface area contributed by atoms with E-state index in [1.165, 1.54) is 5.70 Å². The molecule has 0 rings (SSSR count). The van der Waals surface area contributed by atoms with Crippen molar-refractivity contribution in [2.45, 2.75) is 6.92 Å². The number of nitrogens with one attached hydrogen (secondary N) is 1. The fourth-order valence-corrected chi connectivity index (χ4v) is 0.849. The van der Waals surface area contributed by atoms with Crippen LogP contribution in [0.15, 0.2) is 35.8 Å². The maximum atomic E-state index is 3.96. The Balaban J connectivity index is 4.78. The molecule has 0 aliphatic carbocycles. The quantitative estimate of drug-likeness (QED) is 0.694. The van der Waals surface area contributed by atoms with Crippen LogP contribution < -0.4 is 5.32 Å². The van der Waals surface area contributed by atoms with Crippen molar-refractivity contribution in [1.82, 2.24) is 15.1 Å². The van der Waals surface area contributed by atoms with Crippen molar-refractivity contribution < 1.29 is 0 Å². The van der Waals surface area contributed by atoms with Gasteiger partial charge in [-0.25, -0.2) is 0 Å². The second-order valence-electron chi connectivity index (χ2n) is 3.92. The van der Waals surface area contributed by atoms with Crippen LogP contribution in [0.2, 0.25) is 0 Å². The molecule has 0 aliphatic rings. The second kappa shape index (κ2) is 6.17. The van der Waals surface area contributed by atoms with Gasteiger partial charge in [0.25, 0.3) is 0 Å². The molecule has 0 aliphatic heterocycles. The molecule has 0 aromatic carbocycles. The molecule has 86 valence electrons. The molecule has 0 heterocycles. The fourth-order valence-electron chi connectivity index (χ4n) is 0.849. The summed E-state index contributed by atoms with van der Waals surface area (Å²) in [7, 11) is 9.93. The Morgan fingerprint density at radius 2 is 1.60 bits per heavy atom. The Kier molecular flexibility index (Phi) is 5.60. The lowest BCUT2D eigenvalue weighted by Gasteiger charge is -2.16. The van der Waals surface area contributed by atoms with E-state index >= 15 is 0 Å². The van der Waals surface area contributed by atoms with E-state index in [1.54, 1.807) is 0 Å². The van der Waals surface area contributed by atoms with Crippen LogP contribution in [0.5, 0.6) is 0 Å². The first-order chi connectivity index (χ1) is 6.88. The average Bonchev–Trinajstić information content (AvgIpc) is 2.15. The molecule has 0 amide bonds. The van der Waals surface area contributed by atoms with E-state index in [-0.39, 0.29) is 0 Å². The average molecular weight is 209 g/mol. The summed E-state index contributed by atoms with van der Waals surface area (Å²) in [5, 5.41) is 3.14. The van der Waals surface area contributed by atoms with Crippen molar-refractivity contribution in [1.29, 1.82) is 0 Å². The number of nitrogens with zero attached hydrogens (tertiary/aromatic N) is 2. The summed E-state index contributed by atoms with van der Waals surface area (Å²) < 4.78 is 0. The highest BCUT2D eigenvalue weighted by Crippen LogP contribution is 2.05. The molecule has 0 saturated carbocycles. The van der Waals surface area contributed by atoms with E-state index in [0.29, 0.717) is 0 Å². The summed E-state index contributed by atoms with van der Waals surface area (Å²) in [6, 6.07) is 0. The first-order valence-electron chi connectivity index (χ1n) is 4.99. The zero-order chi connectivity index (χ0) is 12.0. The van der Waals surface area contributed by atoms with E-state index in [9.17, 15) is 0 Å². The Morgan fingerprint density at radius 3 is 1.93 bits per heavy atom. The van der Waals surface area contributed by atoms with E-state index in [2.05, 4.69) is 29.8 Å². The molecule has 15 heavy (non-hydrogen) atoms. The maximum Gasteiger partial charge on any atom is 0.0375 e. The molecule has 0 unspecified atom stereocenters. The molecule has 0 radical (unpaired) electrons. The monoisotopic (exact) mass is 209 g/mol. The third kappa shape index (κ3) is 5.15. The van der Waals surface area contributed by atoms with Crippen molar-refractivity contribution in [3.05, 3.63) is 35.8 Å². The van der Waals surface area contributed by atoms with Crippen LogP contribution in [0.4, 0.5) is 0 Å². The first-order valence-corrected chi connectivity index (χ1v) is 4.99. The summed E-state index contributed by atoms with van der Waals surface area (Å²) in [6.07, 6.45) is 4.11. The van der Waals surface area contributed by atoms with Crippen molar-refractivity contribution in [2.75, 3.05) is 35.2 Å². The van der Waals surface area contributed by atoms with Gasteiger partial charge in [-0.15, -0.1) is 0 Å². The SMILES string of the molecule is C=C(/C=C(\C=C(/C)N(C)C)NC)N(C)C. The number of allylic oxidation sites excluding steroid dienone is 3. The predicted molar refractivity (Wildman–Crippen MR) is 67.4 cm³/mol. The highest BCUT2D eigenvalue weighted by Gasteiger charge is 1.97. The number of hydrogen-bond donors (Lipinski definition) is 1. The van der Waals surface area contributed by atoms with Gasteiger partial charge < -0.3 is 15.1 Å². The maximum absolute atomic E-state index is 3.96. The minimum atomic E-state index is 0.974. The lowest BCUT2D eigenvalue weighted by atomic mass is 10.2. The lowest BCUT2D eigenvalue weighted by Crippen LogP contribution is -2.13. The van der Waals surface area contributed by atoms with E-state index in [0.717, 1.165) is 11.4 Å². The fraction of sp³-hybridized carbons (Fsp3) is 0.500. The molecule has 0 aromatic heterocycles. The Hall–Kier alpha value is -1.38. The van der Waals surface area contributed by atoms with Gasteiger partial charge in [0.1, 0.15) is 0 Å². The molecular weight excluding hydrogens is 186 g/mol. The van der Waals surface area contributed by atoms with Gasteiger partial charge in [-0.2, -0.15) is 0 Å². The van der Waals surface area contributed by atoms with Gasteiger partial charge >= 0.3 is 0 Å². The molecule has 0 bridgehead atoms. The van der Waals surface area contributed by atoms with Crippen LogP contribution in [0.3, 0.4) is 0 Å². The Labute approximate surface area is 93.8 Å². The van der Waals surface area contributed by atoms with Crippen LogP contribution in [-0.4, -0.2) is 45.0 Å². The van der Waals surface area contributed by atoms with E-state index in [1.807, 2.05) is 46.2 Å².